The van der Waals surface area contributed by atoms with Gasteiger partial charge in [-0.15, -0.1) is 11.3 Å². The number of hydrogen-bond donors (Lipinski definition) is 2. The van der Waals surface area contributed by atoms with Crippen molar-refractivity contribution in [3.05, 3.63) is 56.5 Å². The van der Waals surface area contributed by atoms with Gasteiger partial charge >= 0.3 is 0 Å². The van der Waals surface area contributed by atoms with E-state index in [0.717, 1.165) is 5.56 Å². The number of carbonyl (C=O) groups excluding carboxylic acids is 1. The van der Waals surface area contributed by atoms with Crippen molar-refractivity contribution in [3.8, 4) is 11.8 Å². The molecule has 3 nitrogen and oxygen atoms in total. The van der Waals surface area contributed by atoms with E-state index < -0.39 is 5.82 Å². The van der Waals surface area contributed by atoms with Gasteiger partial charge in [-0.25, -0.2) is 4.39 Å². The summed E-state index contributed by atoms with van der Waals surface area (Å²) in [5.74, 6) is 4.86. The monoisotopic (exact) mass is 322 g/mol. The zero-order valence-corrected chi connectivity index (χ0v) is 12.5. The van der Waals surface area contributed by atoms with Gasteiger partial charge in [0.25, 0.3) is 5.91 Å². The Balaban J connectivity index is 2.05. The summed E-state index contributed by atoms with van der Waals surface area (Å²) in [4.78, 5) is 12.6. The van der Waals surface area contributed by atoms with Gasteiger partial charge < -0.3 is 11.1 Å². The van der Waals surface area contributed by atoms with Crippen LogP contribution in [0.5, 0.6) is 0 Å². The first-order valence-electron chi connectivity index (χ1n) is 6.10. The molecule has 1 amide bonds. The normalized spacial score (nSPS) is 9.86. The van der Waals surface area contributed by atoms with Gasteiger partial charge in [0.2, 0.25) is 0 Å². The molecule has 2 rings (SSSR count). The standard InChI is InChI=1S/C15H12ClFN2OS/c16-12-8-10(3-4-13(12)17)9-19-15(20)14-11(2-1-6-18)5-7-21-14/h3-5,7-8H,6,9,18H2,(H,19,20). The maximum atomic E-state index is 13.0. The van der Waals surface area contributed by atoms with Crippen LogP contribution < -0.4 is 11.1 Å². The van der Waals surface area contributed by atoms with Gasteiger partial charge in [0.1, 0.15) is 10.7 Å². The van der Waals surface area contributed by atoms with Crippen molar-refractivity contribution in [2.45, 2.75) is 6.54 Å². The van der Waals surface area contributed by atoms with Gasteiger partial charge in [-0.05, 0) is 29.1 Å². The van der Waals surface area contributed by atoms with E-state index in [-0.39, 0.29) is 24.0 Å². The summed E-state index contributed by atoms with van der Waals surface area (Å²) >= 11 is 7.00. The summed E-state index contributed by atoms with van der Waals surface area (Å²) in [6, 6.07) is 6.11. The lowest BCUT2D eigenvalue weighted by Crippen LogP contribution is -2.22. The first kappa shape index (κ1) is 15.5. The van der Waals surface area contributed by atoms with Crippen LogP contribution in [0.4, 0.5) is 4.39 Å². The molecule has 21 heavy (non-hydrogen) atoms. The number of halogens is 2. The lowest BCUT2D eigenvalue weighted by Gasteiger charge is -2.05. The molecule has 0 unspecified atom stereocenters. The number of nitrogens with two attached hydrogens (primary N) is 1. The molecule has 0 aliphatic rings. The van der Waals surface area contributed by atoms with Crippen LogP contribution in [0.15, 0.2) is 29.6 Å². The van der Waals surface area contributed by atoms with Gasteiger partial charge in [0.15, 0.2) is 0 Å². The van der Waals surface area contributed by atoms with E-state index in [9.17, 15) is 9.18 Å². The zero-order valence-electron chi connectivity index (χ0n) is 11.0. The van der Waals surface area contributed by atoms with Crippen molar-refractivity contribution in [1.82, 2.24) is 5.32 Å². The Hall–Kier alpha value is -1.87. The third-order valence-corrected chi connectivity index (χ3v) is 3.84. The predicted molar refractivity (Wildman–Crippen MR) is 82.8 cm³/mol. The molecule has 0 saturated carbocycles. The Labute approximate surface area is 130 Å². The Morgan fingerprint density at radius 2 is 2.24 bits per heavy atom. The van der Waals surface area contributed by atoms with Crippen LogP contribution in [0.1, 0.15) is 20.8 Å². The van der Waals surface area contributed by atoms with E-state index in [0.29, 0.717) is 10.4 Å². The minimum Gasteiger partial charge on any atom is -0.347 e. The maximum absolute atomic E-state index is 13.0. The quantitative estimate of drug-likeness (QED) is 0.854. The average molecular weight is 323 g/mol. The van der Waals surface area contributed by atoms with Crippen molar-refractivity contribution in [3.63, 3.8) is 0 Å². The van der Waals surface area contributed by atoms with Gasteiger partial charge in [0, 0.05) is 12.1 Å². The van der Waals surface area contributed by atoms with Crippen LogP contribution >= 0.6 is 22.9 Å². The number of benzene rings is 1. The molecule has 0 aliphatic heterocycles. The molecule has 0 bridgehead atoms. The van der Waals surface area contributed by atoms with E-state index in [2.05, 4.69) is 17.2 Å². The zero-order chi connectivity index (χ0) is 15.2. The molecule has 2 aromatic rings. The van der Waals surface area contributed by atoms with E-state index in [1.165, 1.54) is 23.5 Å². The first-order valence-corrected chi connectivity index (χ1v) is 7.36. The third-order valence-electron chi connectivity index (χ3n) is 2.63. The van der Waals surface area contributed by atoms with Crippen LogP contribution in [-0.4, -0.2) is 12.5 Å². The molecule has 1 aromatic heterocycles. The largest absolute Gasteiger partial charge is 0.347 e. The van der Waals surface area contributed by atoms with Gasteiger partial charge in [-0.3, -0.25) is 4.79 Å². The molecule has 1 aromatic carbocycles. The van der Waals surface area contributed by atoms with Crippen molar-refractivity contribution in [1.29, 1.82) is 0 Å². The average Bonchev–Trinajstić information content (AvgIpc) is 2.94. The van der Waals surface area contributed by atoms with Crippen LogP contribution in [0.2, 0.25) is 5.02 Å². The highest BCUT2D eigenvalue weighted by Gasteiger charge is 2.11. The molecular weight excluding hydrogens is 311 g/mol. The van der Waals surface area contributed by atoms with Crippen molar-refractivity contribution in [2.75, 3.05) is 6.54 Å². The minimum atomic E-state index is -0.482. The second-order valence-electron chi connectivity index (χ2n) is 4.10. The number of carbonyl (C=O) groups is 1. The Morgan fingerprint density at radius 3 is 2.95 bits per heavy atom. The number of rotatable bonds is 3. The molecule has 0 atom stereocenters. The number of thiophene rings is 1. The molecule has 0 radical (unpaired) electrons. The van der Waals surface area contributed by atoms with Crippen LogP contribution in [0.25, 0.3) is 0 Å². The maximum Gasteiger partial charge on any atom is 0.262 e. The van der Waals surface area contributed by atoms with Crippen molar-refractivity contribution < 1.29 is 9.18 Å². The molecule has 0 saturated heterocycles. The van der Waals surface area contributed by atoms with E-state index in [1.807, 2.05) is 0 Å². The molecule has 108 valence electrons. The minimum absolute atomic E-state index is 0.0346. The Bertz CT molecular complexity index is 718. The van der Waals surface area contributed by atoms with Crippen LogP contribution in [0.3, 0.4) is 0 Å². The number of amides is 1. The summed E-state index contributed by atoms with van der Waals surface area (Å²) in [5.41, 5.74) is 6.69. The van der Waals surface area contributed by atoms with Crippen LogP contribution in [-0.2, 0) is 6.54 Å². The molecule has 3 N–H and O–H groups in total. The predicted octanol–water partition coefficient (Wildman–Crippen LogP) is 2.78. The van der Waals surface area contributed by atoms with Crippen LogP contribution in [0, 0.1) is 17.7 Å². The fraction of sp³-hybridized carbons (Fsp3) is 0.133. The third kappa shape index (κ3) is 4.05. The highest BCUT2D eigenvalue weighted by Crippen LogP contribution is 2.17. The highest BCUT2D eigenvalue weighted by molar-refractivity contribution is 7.12. The van der Waals surface area contributed by atoms with Gasteiger partial charge in [-0.2, -0.15) is 0 Å². The summed E-state index contributed by atoms with van der Waals surface area (Å²) in [6.07, 6.45) is 0. The number of hydrogen-bond acceptors (Lipinski definition) is 3. The van der Waals surface area contributed by atoms with Crippen molar-refractivity contribution in [2.24, 2.45) is 5.73 Å². The molecule has 0 aliphatic carbocycles. The van der Waals surface area contributed by atoms with E-state index >= 15 is 0 Å². The Kier molecular flexibility index (Phi) is 5.34. The summed E-state index contributed by atoms with van der Waals surface area (Å²) in [7, 11) is 0. The highest BCUT2D eigenvalue weighted by atomic mass is 35.5. The molecule has 0 spiro atoms. The Morgan fingerprint density at radius 1 is 1.43 bits per heavy atom. The smallest absolute Gasteiger partial charge is 0.262 e. The summed E-state index contributed by atoms with van der Waals surface area (Å²) < 4.78 is 13.0. The SMILES string of the molecule is NCC#Cc1ccsc1C(=O)NCc1ccc(F)c(Cl)c1. The first-order chi connectivity index (χ1) is 10.1. The summed E-state index contributed by atoms with van der Waals surface area (Å²) in [5, 5.41) is 4.59. The molecular formula is C15H12ClFN2OS. The van der Waals surface area contributed by atoms with E-state index in [1.54, 1.807) is 17.5 Å². The topological polar surface area (TPSA) is 55.1 Å². The lowest BCUT2D eigenvalue weighted by atomic mass is 10.2. The second-order valence-corrected chi connectivity index (χ2v) is 5.42. The molecule has 6 heteroatoms. The number of nitrogens with one attached hydrogen (secondary N) is 1. The van der Waals surface area contributed by atoms with Crippen molar-refractivity contribution >= 4 is 28.8 Å². The lowest BCUT2D eigenvalue weighted by molar-refractivity contribution is 0.0955. The van der Waals surface area contributed by atoms with E-state index in [4.69, 9.17) is 17.3 Å². The fourth-order valence-corrected chi connectivity index (χ4v) is 2.61. The summed E-state index contributed by atoms with van der Waals surface area (Å²) in [6.45, 7) is 0.505. The van der Waals surface area contributed by atoms with Gasteiger partial charge in [-0.1, -0.05) is 29.5 Å². The second kappa shape index (κ2) is 7.23. The van der Waals surface area contributed by atoms with Gasteiger partial charge in [0.05, 0.1) is 11.6 Å². The fourth-order valence-electron chi connectivity index (χ4n) is 1.64. The molecule has 0 fully saturated rings. The molecule has 1 heterocycles.